The van der Waals surface area contributed by atoms with Crippen LogP contribution in [0.4, 0.5) is 21.8 Å². The lowest BCUT2D eigenvalue weighted by molar-refractivity contribution is -0.120. The Morgan fingerprint density at radius 2 is 1.96 bits per heavy atom. The van der Waals surface area contributed by atoms with Crippen LogP contribution < -0.4 is 15.5 Å². The van der Waals surface area contributed by atoms with E-state index in [1.807, 2.05) is 32.1 Å². The second-order valence-electron chi connectivity index (χ2n) is 7.29. The molecular formula is C20H26FN5O. The van der Waals surface area contributed by atoms with Crippen LogP contribution in [0.3, 0.4) is 0 Å². The van der Waals surface area contributed by atoms with Crippen molar-refractivity contribution in [2.45, 2.75) is 38.6 Å². The Morgan fingerprint density at radius 1 is 1.22 bits per heavy atom. The van der Waals surface area contributed by atoms with Crippen molar-refractivity contribution in [2.24, 2.45) is 5.92 Å². The second kappa shape index (κ2) is 8.33. The topological polar surface area (TPSA) is 70.1 Å². The van der Waals surface area contributed by atoms with Gasteiger partial charge in [0.1, 0.15) is 11.6 Å². The number of carbonyl (C=O) groups excluding carboxylic acids is 1. The molecule has 0 aliphatic heterocycles. The summed E-state index contributed by atoms with van der Waals surface area (Å²) in [6.07, 6.45) is 5.13. The quantitative estimate of drug-likeness (QED) is 0.840. The molecule has 1 aliphatic rings. The zero-order valence-corrected chi connectivity index (χ0v) is 16.0. The van der Waals surface area contributed by atoms with Crippen LogP contribution in [0.15, 0.2) is 30.5 Å². The third-order valence-corrected chi connectivity index (χ3v) is 4.89. The molecule has 1 saturated carbocycles. The second-order valence-corrected chi connectivity index (χ2v) is 7.29. The summed E-state index contributed by atoms with van der Waals surface area (Å²) in [7, 11) is 3.92. The summed E-state index contributed by atoms with van der Waals surface area (Å²) in [5.41, 5.74) is 1.53. The molecule has 0 spiro atoms. The molecule has 0 bridgehead atoms. The van der Waals surface area contributed by atoms with E-state index >= 15 is 0 Å². The van der Waals surface area contributed by atoms with E-state index in [1.54, 1.807) is 12.1 Å². The Kier molecular flexibility index (Phi) is 5.88. The summed E-state index contributed by atoms with van der Waals surface area (Å²) in [5, 5.41) is 6.20. The van der Waals surface area contributed by atoms with Gasteiger partial charge in [0.25, 0.3) is 0 Å². The first-order valence-corrected chi connectivity index (χ1v) is 9.26. The molecule has 27 heavy (non-hydrogen) atoms. The molecule has 0 radical (unpaired) electrons. The third-order valence-electron chi connectivity index (χ3n) is 4.89. The zero-order chi connectivity index (χ0) is 19.4. The van der Waals surface area contributed by atoms with E-state index in [2.05, 4.69) is 20.6 Å². The van der Waals surface area contributed by atoms with Gasteiger partial charge in [0.15, 0.2) is 0 Å². The van der Waals surface area contributed by atoms with Crippen LogP contribution in [0.5, 0.6) is 0 Å². The smallest absolute Gasteiger partial charge is 0.227 e. The molecule has 0 saturated heterocycles. The first kappa shape index (κ1) is 19.1. The summed E-state index contributed by atoms with van der Waals surface area (Å²) < 4.78 is 13.2. The van der Waals surface area contributed by atoms with Gasteiger partial charge in [-0.1, -0.05) is 6.07 Å². The summed E-state index contributed by atoms with van der Waals surface area (Å²) in [6, 6.07) is 6.24. The van der Waals surface area contributed by atoms with E-state index in [0.29, 0.717) is 11.6 Å². The van der Waals surface area contributed by atoms with E-state index in [0.717, 1.165) is 37.1 Å². The predicted molar refractivity (Wildman–Crippen MR) is 105 cm³/mol. The lowest BCUT2D eigenvalue weighted by atomic mass is 9.85. The maximum Gasteiger partial charge on any atom is 0.227 e. The van der Waals surface area contributed by atoms with E-state index < -0.39 is 0 Å². The van der Waals surface area contributed by atoms with Gasteiger partial charge in [0.05, 0.1) is 0 Å². The number of anilines is 3. The highest BCUT2D eigenvalue weighted by molar-refractivity contribution is 5.92. The largest absolute Gasteiger partial charge is 0.362 e. The predicted octanol–water partition coefficient (Wildman–Crippen LogP) is 3.60. The molecule has 6 nitrogen and oxygen atoms in total. The summed E-state index contributed by atoms with van der Waals surface area (Å²) >= 11 is 0. The number of hydrogen-bond donors (Lipinski definition) is 2. The van der Waals surface area contributed by atoms with E-state index in [1.165, 1.54) is 12.1 Å². The summed E-state index contributed by atoms with van der Waals surface area (Å²) in [5.74, 6) is 1.08. The molecule has 2 N–H and O–H groups in total. The van der Waals surface area contributed by atoms with Crippen LogP contribution in [-0.2, 0) is 4.79 Å². The number of amides is 1. The fraction of sp³-hybridized carbons (Fsp3) is 0.450. The molecule has 0 atom stereocenters. The Morgan fingerprint density at radius 3 is 2.63 bits per heavy atom. The Bertz CT molecular complexity index is 803. The van der Waals surface area contributed by atoms with E-state index in [4.69, 9.17) is 0 Å². The van der Waals surface area contributed by atoms with Crippen molar-refractivity contribution in [3.05, 3.63) is 41.8 Å². The van der Waals surface area contributed by atoms with Crippen LogP contribution in [0.1, 0.15) is 31.2 Å². The maximum atomic E-state index is 13.2. The van der Waals surface area contributed by atoms with Crippen molar-refractivity contribution in [1.29, 1.82) is 0 Å². The van der Waals surface area contributed by atoms with Crippen molar-refractivity contribution in [2.75, 3.05) is 29.6 Å². The number of halogens is 1. The number of hydrogen-bond acceptors (Lipinski definition) is 5. The fourth-order valence-corrected chi connectivity index (χ4v) is 3.45. The Labute approximate surface area is 159 Å². The minimum absolute atomic E-state index is 0.0412. The minimum Gasteiger partial charge on any atom is -0.362 e. The Hall–Kier alpha value is -2.70. The standard InChI is InChI=1S/C20H26FN5O/c1-13-12-22-20(25-18(13)26(2)3)24-16-9-7-14(8-10-16)19(27)23-17-6-4-5-15(21)11-17/h4-6,11-12,14,16H,7-10H2,1-3H3,(H,23,27)(H,22,24,25)/t14-,16+. The molecule has 3 rings (SSSR count). The van der Waals surface area contributed by atoms with Crippen LogP contribution >= 0.6 is 0 Å². The van der Waals surface area contributed by atoms with Gasteiger partial charge in [-0.05, 0) is 50.8 Å². The highest BCUT2D eigenvalue weighted by Crippen LogP contribution is 2.27. The molecule has 144 valence electrons. The molecule has 1 heterocycles. The Balaban J connectivity index is 1.53. The van der Waals surface area contributed by atoms with Crippen LogP contribution in [0.2, 0.25) is 0 Å². The molecule has 1 amide bonds. The number of rotatable bonds is 5. The van der Waals surface area contributed by atoms with Crippen LogP contribution in [-0.4, -0.2) is 36.0 Å². The number of aromatic nitrogens is 2. The number of nitrogens with one attached hydrogen (secondary N) is 2. The zero-order valence-electron chi connectivity index (χ0n) is 16.0. The van der Waals surface area contributed by atoms with Crippen molar-refractivity contribution in [1.82, 2.24) is 9.97 Å². The third kappa shape index (κ3) is 4.93. The van der Waals surface area contributed by atoms with Gasteiger partial charge in [0, 0.05) is 43.5 Å². The van der Waals surface area contributed by atoms with Crippen LogP contribution in [0, 0.1) is 18.7 Å². The van der Waals surface area contributed by atoms with Crippen molar-refractivity contribution in [3.8, 4) is 0 Å². The van der Waals surface area contributed by atoms with Crippen molar-refractivity contribution >= 4 is 23.4 Å². The molecular weight excluding hydrogens is 345 g/mol. The molecule has 1 fully saturated rings. The van der Waals surface area contributed by atoms with Gasteiger partial charge < -0.3 is 15.5 Å². The van der Waals surface area contributed by atoms with Gasteiger partial charge in [-0.2, -0.15) is 4.98 Å². The van der Waals surface area contributed by atoms with Gasteiger partial charge in [0.2, 0.25) is 11.9 Å². The molecule has 1 aromatic heterocycles. The molecule has 2 aromatic rings. The van der Waals surface area contributed by atoms with Gasteiger partial charge >= 0.3 is 0 Å². The number of nitrogens with zero attached hydrogens (tertiary/aromatic N) is 3. The maximum absolute atomic E-state index is 13.2. The average Bonchev–Trinajstić information content (AvgIpc) is 2.63. The minimum atomic E-state index is -0.351. The highest BCUT2D eigenvalue weighted by atomic mass is 19.1. The fourth-order valence-electron chi connectivity index (χ4n) is 3.45. The summed E-state index contributed by atoms with van der Waals surface area (Å²) in [4.78, 5) is 23.3. The van der Waals surface area contributed by atoms with Gasteiger partial charge in [-0.3, -0.25) is 4.79 Å². The molecule has 1 aliphatic carbocycles. The molecule has 0 unspecified atom stereocenters. The lowest BCUT2D eigenvalue weighted by Crippen LogP contribution is -2.32. The number of carbonyl (C=O) groups is 1. The van der Waals surface area contributed by atoms with Crippen LogP contribution in [0.25, 0.3) is 0 Å². The average molecular weight is 371 g/mol. The molecule has 1 aromatic carbocycles. The van der Waals surface area contributed by atoms with Crippen molar-refractivity contribution < 1.29 is 9.18 Å². The van der Waals surface area contributed by atoms with E-state index in [-0.39, 0.29) is 23.7 Å². The monoisotopic (exact) mass is 371 g/mol. The SMILES string of the molecule is Cc1cnc(N[C@H]2CC[C@@H](C(=O)Nc3cccc(F)c3)CC2)nc1N(C)C. The molecule has 7 heteroatoms. The number of benzene rings is 1. The van der Waals surface area contributed by atoms with Gasteiger partial charge in [-0.25, -0.2) is 9.37 Å². The van der Waals surface area contributed by atoms with Gasteiger partial charge in [-0.15, -0.1) is 0 Å². The first-order valence-electron chi connectivity index (χ1n) is 9.26. The van der Waals surface area contributed by atoms with Crippen molar-refractivity contribution in [3.63, 3.8) is 0 Å². The lowest BCUT2D eigenvalue weighted by Gasteiger charge is -2.28. The van der Waals surface area contributed by atoms with E-state index in [9.17, 15) is 9.18 Å². The first-order chi connectivity index (χ1) is 12.9. The highest BCUT2D eigenvalue weighted by Gasteiger charge is 2.27. The number of aryl methyl sites for hydroxylation is 1. The summed E-state index contributed by atoms with van der Waals surface area (Å²) in [6.45, 7) is 1.99. The normalized spacial score (nSPS) is 19.4.